The molecule has 1 fully saturated rings. The Morgan fingerprint density at radius 3 is 2.67 bits per heavy atom. The summed E-state index contributed by atoms with van der Waals surface area (Å²) in [5.41, 5.74) is 0. The molecule has 2 rings (SSSR count). The highest BCUT2D eigenvalue weighted by Crippen LogP contribution is 2.28. The van der Waals surface area contributed by atoms with Gasteiger partial charge in [-0.25, -0.2) is 8.42 Å². The number of nitrogens with one attached hydrogen (secondary N) is 1. The molecule has 0 saturated heterocycles. The quantitative estimate of drug-likeness (QED) is 0.905. The van der Waals surface area contributed by atoms with E-state index in [1.54, 1.807) is 12.1 Å². The molecule has 0 spiro atoms. The minimum atomic E-state index is -3.12. The molecule has 1 N–H and O–H groups in total. The van der Waals surface area contributed by atoms with Gasteiger partial charge in [-0.2, -0.15) is 0 Å². The number of thiophene rings is 1. The summed E-state index contributed by atoms with van der Waals surface area (Å²) in [5.74, 6) is 0.743. The van der Waals surface area contributed by atoms with Gasteiger partial charge in [-0.15, -0.1) is 11.3 Å². The third kappa shape index (κ3) is 3.33. The van der Waals surface area contributed by atoms with Crippen LogP contribution in [-0.2, 0) is 9.84 Å². The second-order valence-corrected chi connectivity index (χ2v) is 8.22. The molecule has 1 aliphatic rings. The third-order valence-electron chi connectivity index (χ3n) is 3.79. The maximum absolute atomic E-state index is 12.3. The van der Waals surface area contributed by atoms with Gasteiger partial charge in [0.1, 0.15) is 4.21 Å². The van der Waals surface area contributed by atoms with Crippen molar-refractivity contribution in [2.24, 2.45) is 5.92 Å². The van der Waals surface area contributed by atoms with Crippen LogP contribution in [0.3, 0.4) is 0 Å². The summed E-state index contributed by atoms with van der Waals surface area (Å²) in [4.78, 5) is 0. The summed E-state index contributed by atoms with van der Waals surface area (Å²) in [5, 5.41) is 5.04. The Kier molecular flexibility index (Phi) is 4.81. The summed E-state index contributed by atoms with van der Waals surface area (Å²) in [6.45, 7) is 0. The Labute approximate surface area is 114 Å². The Morgan fingerprint density at radius 1 is 1.39 bits per heavy atom. The smallest absolute Gasteiger partial charge is 0.189 e. The normalized spacial score (nSPS) is 19.8. The van der Waals surface area contributed by atoms with Crippen molar-refractivity contribution >= 4 is 21.2 Å². The number of rotatable bonds is 5. The van der Waals surface area contributed by atoms with Gasteiger partial charge >= 0.3 is 0 Å². The van der Waals surface area contributed by atoms with Crippen LogP contribution in [0.1, 0.15) is 32.1 Å². The average Bonchev–Trinajstić information content (AvgIpc) is 2.92. The molecular weight excluding hydrogens is 266 g/mol. The monoisotopic (exact) mass is 287 g/mol. The lowest BCUT2D eigenvalue weighted by molar-refractivity contribution is 0.292. The van der Waals surface area contributed by atoms with Crippen LogP contribution in [0.2, 0.25) is 0 Å². The van der Waals surface area contributed by atoms with Crippen LogP contribution in [0.5, 0.6) is 0 Å². The molecule has 3 nitrogen and oxygen atoms in total. The van der Waals surface area contributed by atoms with Crippen LogP contribution in [0, 0.1) is 5.92 Å². The van der Waals surface area contributed by atoms with Crippen molar-refractivity contribution in [2.45, 2.75) is 42.4 Å². The number of hydrogen-bond acceptors (Lipinski definition) is 4. The van der Waals surface area contributed by atoms with Gasteiger partial charge in [0.15, 0.2) is 9.84 Å². The van der Waals surface area contributed by atoms with E-state index in [-0.39, 0.29) is 11.8 Å². The molecule has 18 heavy (non-hydrogen) atoms. The molecule has 0 aromatic carbocycles. The van der Waals surface area contributed by atoms with Gasteiger partial charge in [0, 0.05) is 6.04 Å². The minimum Gasteiger partial charge on any atom is -0.316 e. The Balaban J connectivity index is 2.06. The highest BCUT2D eigenvalue weighted by Gasteiger charge is 2.28. The first-order chi connectivity index (χ1) is 8.63. The zero-order chi connectivity index (χ0) is 13.0. The van der Waals surface area contributed by atoms with Crippen LogP contribution < -0.4 is 5.32 Å². The van der Waals surface area contributed by atoms with Gasteiger partial charge < -0.3 is 5.32 Å². The number of sulfone groups is 1. The molecule has 1 unspecified atom stereocenters. The predicted molar refractivity (Wildman–Crippen MR) is 75.8 cm³/mol. The van der Waals surface area contributed by atoms with Crippen molar-refractivity contribution in [1.82, 2.24) is 5.32 Å². The van der Waals surface area contributed by atoms with Crippen molar-refractivity contribution < 1.29 is 8.42 Å². The van der Waals surface area contributed by atoms with Crippen molar-refractivity contribution in [3.63, 3.8) is 0 Å². The van der Waals surface area contributed by atoms with E-state index in [4.69, 9.17) is 0 Å². The second-order valence-electron chi connectivity index (χ2n) is 5.01. The summed E-state index contributed by atoms with van der Waals surface area (Å²) in [6.07, 6.45) is 6.09. The topological polar surface area (TPSA) is 46.2 Å². The van der Waals surface area contributed by atoms with Gasteiger partial charge in [-0.3, -0.25) is 0 Å². The molecule has 0 radical (unpaired) electrons. The predicted octanol–water partition coefficient (Wildman–Crippen LogP) is 2.69. The fourth-order valence-electron chi connectivity index (χ4n) is 2.75. The van der Waals surface area contributed by atoms with Gasteiger partial charge in [-0.05, 0) is 37.3 Å². The fraction of sp³-hybridized carbons (Fsp3) is 0.692. The highest BCUT2D eigenvalue weighted by atomic mass is 32.2. The molecular formula is C13H21NO2S2. The van der Waals surface area contributed by atoms with Crippen molar-refractivity contribution in [3.05, 3.63) is 17.5 Å². The van der Waals surface area contributed by atoms with Crippen LogP contribution in [0.25, 0.3) is 0 Å². The first-order valence-corrected chi connectivity index (χ1v) is 9.10. The van der Waals surface area contributed by atoms with Crippen molar-refractivity contribution in [2.75, 3.05) is 12.8 Å². The highest BCUT2D eigenvalue weighted by molar-refractivity contribution is 7.93. The van der Waals surface area contributed by atoms with E-state index in [0.29, 0.717) is 10.1 Å². The molecule has 0 aliphatic heterocycles. The van der Waals surface area contributed by atoms with Crippen molar-refractivity contribution in [3.8, 4) is 0 Å². The Hall–Kier alpha value is -0.390. The van der Waals surface area contributed by atoms with Gasteiger partial charge in [0.2, 0.25) is 0 Å². The van der Waals surface area contributed by atoms with Gasteiger partial charge in [-0.1, -0.05) is 25.3 Å². The van der Waals surface area contributed by atoms with E-state index >= 15 is 0 Å². The third-order valence-corrected chi connectivity index (χ3v) is 7.05. The molecule has 0 amide bonds. The molecule has 1 saturated carbocycles. The molecule has 5 heteroatoms. The van der Waals surface area contributed by atoms with E-state index in [1.165, 1.54) is 30.6 Å². The lowest BCUT2D eigenvalue weighted by Crippen LogP contribution is -2.40. The minimum absolute atomic E-state index is 0.0948. The molecule has 1 atom stereocenters. The zero-order valence-electron chi connectivity index (χ0n) is 10.8. The maximum atomic E-state index is 12.3. The van der Waals surface area contributed by atoms with E-state index in [0.717, 1.165) is 12.8 Å². The molecule has 1 heterocycles. The summed E-state index contributed by atoms with van der Waals surface area (Å²) >= 11 is 1.31. The zero-order valence-corrected chi connectivity index (χ0v) is 12.4. The van der Waals surface area contributed by atoms with Crippen LogP contribution in [-0.4, -0.2) is 27.3 Å². The lowest BCUT2D eigenvalue weighted by Gasteiger charge is -2.29. The fourth-order valence-corrected chi connectivity index (χ4v) is 5.52. The van der Waals surface area contributed by atoms with Crippen LogP contribution in [0.4, 0.5) is 0 Å². The second kappa shape index (κ2) is 6.17. The molecule has 1 aromatic rings. The Morgan fingerprint density at radius 2 is 2.11 bits per heavy atom. The summed E-state index contributed by atoms with van der Waals surface area (Å²) in [7, 11) is -1.24. The molecule has 0 bridgehead atoms. The Bertz CT molecular complexity index is 447. The largest absolute Gasteiger partial charge is 0.316 e. The molecule has 102 valence electrons. The summed E-state index contributed by atoms with van der Waals surface area (Å²) in [6, 6.07) is 3.59. The maximum Gasteiger partial charge on any atom is 0.189 e. The first-order valence-electron chi connectivity index (χ1n) is 6.57. The first kappa shape index (κ1) is 14.0. The van der Waals surface area contributed by atoms with Crippen LogP contribution in [0.15, 0.2) is 21.7 Å². The van der Waals surface area contributed by atoms with Gasteiger partial charge in [0.25, 0.3) is 0 Å². The summed E-state index contributed by atoms with van der Waals surface area (Å²) < 4.78 is 25.0. The van der Waals surface area contributed by atoms with Crippen LogP contribution >= 0.6 is 11.3 Å². The standard InChI is InChI=1S/C13H21NO2S2/c1-14-12(11-6-3-2-4-7-11)10-18(15,16)13-8-5-9-17-13/h5,8-9,11-12,14H,2-4,6-7,10H2,1H3. The van der Waals surface area contributed by atoms with Gasteiger partial charge in [0.05, 0.1) is 5.75 Å². The van der Waals surface area contributed by atoms with E-state index in [9.17, 15) is 8.42 Å². The SMILES string of the molecule is CNC(CS(=O)(=O)c1cccs1)C1CCCCC1. The van der Waals surface area contributed by atoms with E-state index in [2.05, 4.69) is 5.32 Å². The van der Waals surface area contributed by atoms with Crippen molar-refractivity contribution in [1.29, 1.82) is 0 Å². The molecule has 1 aliphatic carbocycles. The van der Waals surface area contributed by atoms with E-state index in [1.807, 2.05) is 12.4 Å². The lowest BCUT2D eigenvalue weighted by atomic mass is 9.84. The number of hydrogen-bond donors (Lipinski definition) is 1. The average molecular weight is 287 g/mol. The van der Waals surface area contributed by atoms with E-state index < -0.39 is 9.84 Å². The molecule has 1 aromatic heterocycles.